The van der Waals surface area contributed by atoms with E-state index in [1.54, 1.807) is 13.2 Å². The van der Waals surface area contributed by atoms with Gasteiger partial charge in [0.25, 0.3) is 0 Å². The predicted molar refractivity (Wildman–Crippen MR) is 108 cm³/mol. The highest BCUT2D eigenvalue weighted by Gasteiger charge is 2.15. The van der Waals surface area contributed by atoms with Gasteiger partial charge < -0.3 is 14.6 Å². The van der Waals surface area contributed by atoms with Crippen molar-refractivity contribution in [3.63, 3.8) is 0 Å². The van der Waals surface area contributed by atoms with Crippen LogP contribution in [0.3, 0.4) is 0 Å². The van der Waals surface area contributed by atoms with E-state index in [2.05, 4.69) is 34.6 Å². The van der Waals surface area contributed by atoms with Gasteiger partial charge in [0.15, 0.2) is 11.0 Å². The zero-order valence-corrected chi connectivity index (χ0v) is 16.4. The van der Waals surface area contributed by atoms with E-state index in [4.69, 9.17) is 4.74 Å². The summed E-state index contributed by atoms with van der Waals surface area (Å²) < 4.78 is 7.20. The molecule has 0 saturated heterocycles. The number of aryl methyl sites for hydroxylation is 1. The summed E-state index contributed by atoms with van der Waals surface area (Å²) >= 11 is 1.37. The first kappa shape index (κ1) is 19.0. The molecule has 3 aromatic rings. The number of carbonyl (C=O) groups excluding carboxylic acids is 1. The number of aromatic nitrogens is 3. The Hall–Kier alpha value is -2.80. The molecule has 7 heteroatoms. The molecule has 0 aliphatic heterocycles. The summed E-state index contributed by atoms with van der Waals surface area (Å²) in [6, 6.07) is 15.4. The van der Waals surface area contributed by atoms with Crippen molar-refractivity contribution in [2.75, 3.05) is 18.2 Å². The fraction of sp³-hybridized carbons (Fsp3) is 0.250. The van der Waals surface area contributed by atoms with Crippen molar-refractivity contribution in [1.29, 1.82) is 0 Å². The van der Waals surface area contributed by atoms with E-state index in [-0.39, 0.29) is 11.7 Å². The number of nitrogens with zero attached hydrogens (tertiary/aromatic N) is 3. The normalized spacial score (nSPS) is 10.6. The van der Waals surface area contributed by atoms with Crippen LogP contribution in [0, 0.1) is 6.92 Å². The van der Waals surface area contributed by atoms with Gasteiger partial charge in [-0.3, -0.25) is 4.79 Å². The van der Waals surface area contributed by atoms with Crippen LogP contribution in [0.4, 0.5) is 5.69 Å². The molecule has 0 radical (unpaired) electrons. The highest BCUT2D eigenvalue weighted by molar-refractivity contribution is 7.99. The largest absolute Gasteiger partial charge is 0.497 e. The van der Waals surface area contributed by atoms with E-state index >= 15 is 0 Å². The van der Waals surface area contributed by atoms with Crippen LogP contribution in [0.2, 0.25) is 0 Å². The van der Waals surface area contributed by atoms with Crippen molar-refractivity contribution in [2.45, 2.75) is 25.5 Å². The Morgan fingerprint density at radius 1 is 1.19 bits per heavy atom. The molecule has 0 atom stereocenters. The lowest BCUT2D eigenvalue weighted by Crippen LogP contribution is -2.14. The molecule has 0 saturated carbocycles. The number of benzene rings is 2. The zero-order valence-electron chi connectivity index (χ0n) is 15.6. The molecule has 2 aromatic carbocycles. The Bertz CT molecular complexity index is 939. The van der Waals surface area contributed by atoms with Crippen LogP contribution in [-0.2, 0) is 11.3 Å². The van der Waals surface area contributed by atoms with Gasteiger partial charge >= 0.3 is 0 Å². The molecule has 0 unspecified atom stereocenters. The predicted octanol–water partition coefficient (Wildman–Crippen LogP) is 4.01. The summed E-state index contributed by atoms with van der Waals surface area (Å²) in [5, 5.41) is 12.2. The number of anilines is 1. The molecule has 1 heterocycles. The molecule has 140 valence electrons. The van der Waals surface area contributed by atoms with Gasteiger partial charge in [0.05, 0.1) is 12.9 Å². The Morgan fingerprint density at radius 3 is 2.74 bits per heavy atom. The molecule has 0 bridgehead atoms. The number of hydrogen-bond acceptors (Lipinski definition) is 5. The van der Waals surface area contributed by atoms with Crippen molar-refractivity contribution in [3.05, 3.63) is 54.1 Å². The molecular weight excluding hydrogens is 360 g/mol. The SMILES string of the molecule is CCn1c(SCC(=O)Nc2cccc(OC)c2)nnc1-c1cccc(C)c1. The summed E-state index contributed by atoms with van der Waals surface area (Å²) in [6.45, 7) is 4.83. The fourth-order valence-corrected chi connectivity index (χ4v) is 3.51. The molecule has 0 fully saturated rings. The van der Waals surface area contributed by atoms with Crippen LogP contribution >= 0.6 is 11.8 Å². The topological polar surface area (TPSA) is 69.0 Å². The molecule has 0 spiro atoms. The van der Waals surface area contributed by atoms with E-state index in [9.17, 15) is 4.79 Å². The number of methoxy groups -OCH3 is 1. The third-order valence-corrected chi connectivity index (χ3v) is 4.96. The minimum absolute atomic E-state index is 0.101. The van der Waals surface area contributed by atoms with Gasteiger partial charge in [0.2, 0.25) is 5.91 Å². The number of nitrogens with one attached hydrogen (secondary N) is 1. The van der Waals surface area contributed by atoms with Crippen LogP contribution in [0.1, 0.15) is 12.5 Å². The summed E-state index contributed by atoms with van der Waals surface area (Å²) in [6.07, 6.45) is 0. The molecule has 1 N–H and O–H groups in total. The van der Waals surface area contributed by atoms with Crippen LogP contribution in [0.5, 0.6) is 5.75 Å². The Labute approximate surface area is 163 Å². The average Bonchev–Trinajstić information content (AvgIpc) is 3.09. The quantitative estimate of drug-likeness (QED) is 0.625. The molecule has 1 amide bonds. The molecule has 3 rings (SSSR count). The number of ether oxygens (including phenoxy) is 1. The molecular formula is C20H22N4O2S. The minimum atomic E-state index is -0.101. The van der Waals surface area contributed by atoms with Gasteiger partial charge in [0.1, 0.15) is 5.75 Å². The van der Waals surface area contributed by atoms with E-state index < -0.39 is 0 Å². The van der Waals surface area contributed by atoms with Crippen LogP contribution < -0.4 is 10.1 Å². The van der Waals surface area contributed by atoms with Crippen molar-refractivity contribution >= 4 is 23.4 Å². The van der Waals surface area contributed by atoms with Gasteiger partial charge in [-0.05, 0) is 32.0 Å². The lowest BCUT2D eigenvalue weighted by Gasteiger charge is -2.09. The monoisotopic (exact) mass is 382 g/mol. The van der Waals surface area contributed by atoms with Crippen molar-refractivity contribution in [2.24, 2.45) is 0 Å². The number of amides is 1. The molecule has 0 aliphatic carbocycles. The Balaban J connectivity index is 1.68. The highest BCUT2D eigenvalue weighted by Crippen LogP contribution is 2.25. The zero-order chi connectivity index (χ0) is 19.2. The second-order valence-corrected chi connectivity index (χ2v) is 6.93. The maximum atomic E-state index is 12.3. The van der Waals surface area contributed by atoms with E-state index in [0.717, 1.165) is 23.1 Å². The minimum Gasteiger partial charge on any atom is -0.497 e. The summed E-state index contributed by atoms with van der Waals surface area (Å²) in [4.78, 5) is 12.3. The smallest absolute Gasteiger partial charge is 0.234 e. The van der Waals surface area contributed by atoms with Gasteiger partial charge in [-0.25, -0.2) is 0 Å². The third kappa shape index (κ3) is 4.68. The van der Waals surface area contributed by atoms with Gasteiger partial charge in [-0.1, -0.05) is 41.6 Å². The first-order valence-corrected chi connectivity index (χ1v) is 9.66. The number of thioether (sulfide) groups is 1. The average molecular weight is 382 g/mol. The number of rotatable bonds is 7. The number of hydrogen-bond donors (Lipinski definition) is 1. The van der Waals surface area contributed by atoms with E-state index in [0.29, 0.717) is 11.4 Å². The van der Waals surface area contributed by atoms with Crippen molar-refractivity contribution in [3.8, 4) is 17.1 Å². The van der Waals surface area contributed by atoms with Gasteiger partial charge in [-0.15, -0.1) is 10.2 Å². The molecule has 0 aliphatic rings. The Kier molecular flexibility index (Phi) is 6.13. The van der Waals surface area contributed by atoms with Gasteiger partial charge in [-0.2, -0.15) is 0 Å². The lowest BCUT2D eigenvalue weighted by molar-refractivity contribution is -0.113. The van der Waals surface area contributed by atoms with E-state index in [1.807, 2.05) is 41.8 Å². The molecule has 6 nitrogen and oxygen atoms in total. The fourth-order valence-electron chi connectivity index (χ4n) is 2.71. The summed E-state index contributed by atoms with van der Waals surface area (Å²) in [7, 11) is 1.60. The van der Waals surface area contributed by atoms with Crippen LogP contribution in [-0.4, -0.2) is 33.5 Å². The van der Waals surface area contributed by atoms with Crippen molar-refractivity contribution < 1.29 is 9.53 Å². The summed E-state index contributed by atoms with van der Waals surface area (Å²) in [5.41, 5.74) is 2.90. The molecule has 27 heavy (non-hydrogen) atoms. The highest BCUT2D eigenvalue weighted by atomic mass is 32.2. The summed E-state index contributed by atoms with van der Waals surface area (Å²) in [5.74, 6) is 1.67. The maximum Gasteiger partial charge on any atom is 0.234 e. The first-order valence-electron chi connectivity index (χ1n) is 8.67. The second-order valence-electron chi connectivity index (χ2n) is 5.99. The standard InChI is InChI=1S/C20H22N4O2S/c1-4-24-19(15-8-5-7-14(2)11-15)22-23-20(24)27-13-18(25)21-16-9-6-10-17(12-16)26-3/h5-12H,4,13H2,1-3H3,(H,21,25). The van der Waals surface area contributed by atoms with Crippen molar-refractivity contribution in [1.82, 2.24) is 14.8 Å². The van der Waals surface area contributed by atoms with E-state index in [1.165, 1.54) is 17.3 Å². The first-order chi connectivity index (χ1) is 13.1. The maximum absolute atomic E-state index is 12.3. The van der Waals surface area contributed by atoms with Crippen LogP contribution in [0.25, 0.3) is 11.4 Å². The lowest BCUT2D eigenvalue weighted by atomic mass is 10.1. The van der Waals surface area contributed by atoms with Crippen LogP contribution in [0.15, 0.2) is 53.7 Å². The van der Waals surface area contributed by atoms with Gasteiger partial charge in [0, 0.05) is 23.9 Å². The third-order valence-electron chi connectivity index (χ3n) is 4.00. The Morgan fingerprint density at radius 2 is 2.00 bits per heavy atom. The number of carbonyl (C=O) groups is 1. The second kappa shape index (κ2) is 8.73. The molecule has 1 aromatic heterocycles.